The molecule has 13 N–H and O–H groups in total. The van der Waals surface area contributed by atoms with E-state index in [1.54, 1.807) is 0 Å². The summed E-state index contributed by atoms with van der Waals surface area (Å²) in [4.78, 5) is 206. The highest BCUT2D eigenvalue weighted by atomic mass is 28.4. The molecule has 572 valence electrons. The Hall–Kier alpha value is -8.67. The number of hydrogen-bond acceptors (Lipinski definition) is 20. The van der Waals surface area contributed by atoms with Crippen LogP contribution in [0.4, 0.5) is 4.11 Å². The Bertz CT molecular complexity index is 3040. The van der Waals surface area contributed by atoms with Gasteiger partial charge in [-0.05, 0) is 78.8 Å². The fraction of sp³-hybridized carbons (Fsp3) is 0.672. The molecule has 1 aromatic rings. The van der Waals surface area contributed by atoms with Crippen molar-refractivity contribution in [2.24, 2.45) is 17.8 Å². The highest BCUT2D eigenvalue weighted by Crippen LogP contribution is 2.51. The number of hydrogen-bond donors (Lipinski definition) is 13. The number of benzene rings is 1. The lowest BCUT2D eigenvalue weighted by molar-refractivity contribution is -0.147. The molecule has 1 saturated heterocycles. The SMILES string of the molecule is CC(C)(C)[Si](F)(c1ccc(C(=O)NC[C@H](CC(=O)CC[C@@H](C(=O)O)N2CCN(CC(=O)O)CCN(CC(=O)O)CCN(CC(=O)O)CC2)C(=O)N[C@H](CCCCNC(=O)CCC(=O)CCCC[C@@H](NC(=O)CC[C@H](CC(=O)C[C@@H](CCC(=O)O)C(=O)O)C(=O)O)C(=O)O)C(=O)O)cc1)C(C)(C)C. The Labute approximate surface area is 591 Å². The van der Waals surface area contributed by atoms with Crippen LogP contribution >= 0.6 is 0 Å². The van der Waals surface area contributed by atoms with E-state index < -0.39 is 214 Å². The summed E-state index contributed by atoms with van der Waals surface area (Å²) in [6, 6.07) is 1.51. The van der Waals surface area contributed by atoms with Gasteiger partial charge in [0.15, 0.2) is 0 Å². The van der Waals surface area contributed by atoms with Crippen molar-refractivity contribution in [2.75, 3.05) is 85.1 Å². The lowest BCUT2D eigenvalue weighted by Gasteiger charge is -2.44. The molecule has 2 rings (SSSR count). The quantitative estimate of drug-likeness (QED) is 0.0253. The van der Waals surface area contributed by atoms with E-state index in [2.05, 4.69) is 21.3 Å². The maximum Gasteiger partial charge on any atom is 0.326 e. The first-order valence-electron chi connectivity index (χ1n) is 34.0. The van der Waals surface area contributed by atoms with Crippen molar-refractivity contribution in [1.82, 2.24) is 40.9 Å². The number of carboxylic acid groups (broad SMARTS) is 9. The van der Waals surface area contributed by atoms with Crippen molar-refractivity contribution >= 4 is 108 Å². The minimum Gasteiger partial charge on any atom is -0.481 e. The van der Waals surface area contributed by atoms with E-state index in [1.165, 1.54) is 43.9 Å². The van der Waals surface area contributed by atoms with Crippen LogP contribution in [0.3, 0.4) is 0 Å². The third-order valence-electron chi connectivity index (χ3n) is 17.7. The summed E-state index contributed by atoms with van der Waals surface area (Å²) in [6.07, 6.45) is -4.80. The third-order valence-corrected chi connectivity index (χ3v) is 23.0. The zero-order valence-electron chi connectivity index (χ0n) is 58.9. The number of carboxylic acids is 9. The summed E-state index contributed by atoms with van der Waals surface area (Å²) in [5, 5.41) is 96.1. The predicted octanol–water partition coefficient (Wildman–Crippen LogP) is 2.15. The number of amides is 4. The molecule has 1 aromatic carbocycles. The van der Waals surface area contributed by atoms with Crippen molar-refractivity contribution in [3.05, 3.63) is 29.8 Å². The average Bonchev–Trinajstić information content (AvgIpc) is 0.748. The molecule has 35 heteroatoms. The number of carbonyl (C=O) groups is 16. The van der Waals surface area contributed by atoms with Gasteiger partial charge in [0.25, 0.3) is 14.3 Å². The number of unbranched alkanes of at least 4 members (excludes halogenated alkanes) is 2. The Kier molecular flexibility index (Phi) is 38.5. The van der Waals surface area contributed by atoms with Crippen molar-refractivity contribution in [3.8, 4) is 0 Å². The second kappa shape index (κ2) is 44.0. The van der Waals surface area contributed by atoms with Gasteiger partial charge in [0, 0.05) is 129 Å². The van der Waals surface area contributed by atoms with Crippen LogP contribution < -0.4 is 26.5 Å². The number of carbonyl (C=O) groups excluding carboxylic acids is 7. The summed E-state index contributed by atoms with van der Waals surface area (Å²) in [7, 11) is -3.76. The van der Waals surface area contributed by atoms with Crippen molar-refractivity contribution < 1.29 is 127 Å². The van der Waals surface area contributed by atoms with Gasteiger partial charge in [0.1, 0.15) is 35.5 Å². The largest absolute Gasteiger partial charge is 0.481 e. The van der Waals surface area contributed by atoms with Crippen molar-refractivity contribution in [2.45, 2.75) is 185 Å². The summed E-state index contributed by atoms with van der Waals surface area (Å²) in [6.45, 7) is 8.94. The van der Waals surface area contributed by atoms with E-state index in [-0.39, 0.29) is 141 Å². The smallest absolute Gasteiger partial charge is 0.326 e. The molecular weight excluding hydrogens is 1360 g/mol. The standard InChI is InChI=1S/C67H103FN8O25Si/c1-66(2,3)102(68,67(4,5)6)49-20-14-42(15-21-49)59(90)70-38-45(37-47(78)18-22-52(65(100)101)76-33-31-74(40-57(86)87)29-27-73(39-56(84)85)28-30-75(32-34-76)41-58(88)89)60(91)72-51(64(98)99)13-9-10-26-69-53(80)24-19-46(77)11-7-8-12-50(63(96)97)71-54(81)23-16-43(61(92)93)35-48(79)36-44(62(94)95)17-25-55(82)83/h14-15,20-21,43-45,50-52H,7-13,16-19,22-41H2,1-6H3,(H,69,80)(H,70,90)(H,71,81)(H,72,91)(H,82,83)(H,84,85)(H,86,87)(H,88,89)(H,92,93)(H,94,95)(H,96,97)(H,98,99)(H,100,101)/t43-,44-,45+,50-,51-,52+/m1/s1. The number of nitrogens with one attached hydrogen (secondary N) is 4. The molecule has 0 aliphatic carbocycles. The Morgan fingerprint density at radius 2 is 0.882 bits per heavy atom. The molecule has 0 unspecified atom stereocenters. The number of ketones is 3. The van der Waals surface area contributed by atoms with Crippen molar-refractivity contribution in [3.63, 3.8) is 0 Å². The van der Waals surface area contributed by atoms with E-state index >= 15 is 4.11 Å². The molecule has 0 aromatic heterocycles. The fourth-order valence-electron chi connectivity index (χ4n) is 12.2. The number of rotatable bonds is 47. The van der Waals surface area contributed by atoms with Crippen molar-refractivity contribution in [1.29, 1.82) is 0 Å². The highest BCUT2D eigenvalue weighted by Gasteiger charge is 2.56. The second-order valence-electron chi connectivity index (χ2n) is 27.8. The maximum absolute atomic E-state index is 17.2. The van der Waals surface area contributed by atoms with Crippen LogP contribution in [0.2, 0.25) is 10.1 Å². The zero-order valence-corrected chi connectivity index (χ0v) is 59.9. The first-order chi connectivity index (χ1) is 47.5. The fourth-order valence-corrected chi connectivity index (χ4v) is 16.8. The molecule has 4 amide bonds. The number of halogens is 1. The van der Waals surface area contributed by atoms with Gasteiger partial charge in [-0.25, -0.2) is 9.59 Å². The molecule has 102 heavy (non-hydrogen) atoms. The van der Waals surface area contributed by atoms with Crippen LogP contribution in [-0.2, 0) is 71.9 Å². The minimum atomic E-state index is -3.76. The van der Waals surface area contributed by atoms with Crippen LogP contribution in [0.5, 0.6) is 0 Å². The molecule has 0 saturated carbocycles. The molecule has 0 bridgehead atoms. The molecule has 33 nitrogen and oxygen atoms in total. The lowest BCUT2D eigenvalue weighted by atomic mass is 9.90. The molecular formula is C67H103FN8O25Si. The molecule has 1 heterocycles. The number of nitrogens with zero attached hydrogens (tertiary/aromatic N) is 4. The molecule has 1 fully saturated rings. The van der Waals surface area contributed by atoms with E-state index in [1.807, 2.05) is 41.5 Å². The maximum atomic E-state index is 17.2. The summed E-state index contributed by atoms with van der Waals surface area (Å²) in [5.41, 5.74) is 0.0713. The number of aliphatic carboxylic acids is 9. The monoisotopic (exact) mass is 1470 g/mol. The van der Waals surface area contributed by atoms with Gasteiger partial charge in [0.05, 0.1) is 37.4 Å². The lowest BCUT2D eigenvalue weighted by Crippen LogP contribution is -2.57. The molecule has 1 aliphatic rings. The first kappa shape index (κ1) is 89.4. The first-order valence-corrected chi connectivity index (χ1v) is 35.8. The third kappa shape index (κ3) is 33.4. The Balaban J connectivity index is 2.15. The van der Waals surface area contributed by atoms with Gasteiger partial charge >= 0.3 is 53.7 Å². The summed E-state index contributed by atoms with van der Waals surface area (Å²) in [5.74, 6) is -21.2. The number of Topliss-reactive ketones (excluding diaryl/α,β-unsaturated/α-hetero) is 3. The Morgan fingerprint density at radius 3 is 1.32 bits per heavy atom. The van der Waals surface area contributed by atoms with E-state index in [0.717, 1.165) is 0 Å². The van der Waals surface area contributed by atoms with Crippen LogP contribution in [0.15, 0.2) is 24.3 Å². The average molecular weight is 1470 g/mol. The van der Waals surface area contributed by atoms with E-state index in [9.17, 15) is 118 Å². The van der Waals surface area contributed by atoms with Crippen LogP contribution in [0.1, 0.15) is 167 Å². The molecule has 6 atom stereocenters. The van der Waals surface area contributed by atoms with Gasteiger partial charge in [0.2, 0.25) is 17.7 Å². The van der Waals surface area contributed by atoms with Gasteiger partial charge in [-0.2, -0.15) is 0 Å². The van der Waals surface area contributed by atoms with Crippen LogP contribution in [-0.4, -0.2) is 272 Å². The second-order valence-corrected chi connectivity index (χ2v) is 32.7. The van der Waals surface area contributed by atoms with Crippen LogP contribution in [0, 0.1) is 17.8 Å². The molecule has 0 spiro atoms. The summed E-state index contributed by atoms with van der Waals surface area (Å²) >= 11 is 0. The Morgan fingerprint density at radius 1 is 0.431 bits per heavy atom. The van der Waals surface area contributed by atoms with Gasteiger partial charge in [-0.3, -0.25) is 86.7 Å². The van der Waals surface area contributed by atoms with Gasteiger partial charge < -0.3 is 71.3 Å². The molecule has 1 aliphatic heterocycles. The van der Waals surface area contributed by atoms with Crippen LogP contribution in [0.25, 0.3) is 0 Å². The predicted molar refractivity (Wildman–Crippen MR) is 364 cm³/mol. The summed E-state index contributed by atoms with van der Waals surface area (Å²) < 4.78 is 17.2. The van der Waals surface area contributed by atoms with E-state index in [4.69, 9.17) is 5.11 Å². The van der Waals surface area contributed by atoms with Gasteiger partial charge in [-0.1, -0.05) is 60.1 Å². The zero-order chi connectivity index (χ0) is 77.2. The molecule has 0 radical (unpaired) electrons. The van der Waals surface area contributed by atoms with E-state index in [0.29, 0.717) is 5.19 Å². The normalized spacial score (nSPS) is 15.8. The minimum absolute atomic E-state index is 0.0163. The highest BCUT2D eigenvalue weighted by molar-refractivity contribution is 6.90. The topological polar surface area (TPSA) is 516 Å². The van der Waals surface area contributed by atoms with Gasteiger partial charge in [-0.15, -0.1) is 0 Å².